The Hall–Kier alpha value is -1.84. The topological polar surface area (TPSA) is 62.0 Å². The molecule has 1 heterocycles. The molecular weight excluding hydrogens is 240 g/mol. The Morgan fingerprint density at radius 3 is 2.74 bits per heavy atom. The molecule has 4 nitrogen and oxygen atoms in total. The number of aromatic amines is 1. The fraction of sp³-hybridized carbons (Fsp3) is 0.467. The Bertz CT molecular complexity index is 515. The Kier molecular flexibility index (Phi) is 6.06. The van der Waals surface area contributed by atoms with Crippen molar-refractivity contribution in [2.24, 2.45) is 0 Å². The number of hydrogen-bond acceptors (Lipinski definition) is 2. The molecular formula is C15H22N2O2. The molecule has 0 saturated heterocycles. The highest BCUT2D eigenvalue weighted by Crippen LogP contribution is 2.09. The number of aromatic nitrogens is 1. The van der Waals surface area contributed by atoms with Crippen LogP contribution in [0, 0.1) is 0 Å². The number of aryl methyl sites for hydroxylation is 2. The average molecular weight is 262 g/mol. The second-order valence-electron chi connectivity index (χ2n) is 4.40. The molecule has 0 fully saturated rings. The van der Waals surface area contributed by atoms with E-state index in [9.17, 15) is 9.59 Å². The van der Waals surface area contributed by atoms with Gasteiger partial charge in [-0.15, -0.1) is 0 Å². The fourth-order valence-corrected chi connectivity index (χ4v) is 1.93. The summed E-state index contributed by atoms with van der Waals surface area (Å²) in [4.78, 5) is 26.7. The second-order valence-corrected chi connectivity index (χ2v) is 4.40. The summed E-state index contributed by atoms with van der Waals surface area (Å²) < 4.78 is 0. The lowest BCUT2D eigenvalue weighted by Gasteiger charge is -2.09. The lowest BCUT2D eigenvalue weighted by molar-refractivity contribution is 0.0956. The van der Waals surface area contributed by atoms with Crippen LogP contribution in [0.25, 0.3) is 0 Å². The minimum Gasteiger partial charge on any atom is -0.348 e. The molecule has 1 amide bonds. The molecule has 4 heteroatoms. The van der Waals surface area contributed by atoms with Gasteiger partial charge < -0.3 is 10.3 Å². The third-order valence-corrected chi connectivity index (χ3v) is 2.96. The van der Waals surface area contributed by atoms with Crippen LogP contribution in [0.5, 0.6) is 0 Å². The molecule has 0 bridgehead atoms. The van der Waals surface area contributed by atoms with Crippen molar-refractivity contribution >= 4 is 5.91 Å². The molecule has 2 N–H and O–H groups in total. The van der Waals surface area contributed by atoms with E-state index in [4.69, 9.17) is 0 Å². The highest BCUT2D eigenvalue weighted by atomic mass is 16.2. The van der Waals surface area contributed by atoms with E-state index in [0.29, 0.717) is 6.54 Å². The summed E-state index contributed by atoms with van der Waals surface area (Å²) in [5, 5.41) is 2.70. The maximum atomic E-state index is 11.9. The standard InChI is InChI=1S/C15H22N2O2/c1-4-7-9-16-14(18)12-10-11(6-3)13(8-5-2)17-15(12)19/h4,7,10H,5-6,8-9H2,1-3H3,(H,16,18)(H,17,19)/b7-4+. The van der Waals surface area contributed by atoms with E-state index in [2.05, 4.69) is 17.2 Å². The molecule has 0 aliphatic rings. The number of allylic oxidation sites excluding steroid dienone is 1. The van der Waals surface area contributed by atoms with Crippen molar-refractivity contribution < 1.29 is 4.79 Å². The third-order valence-electron chi connectivity index (χ3n) is 2.96. The zero-order valence-corrected chi connectivity index (χ0v) is 11.9. The minimum atomic E-state index is -0.322. The second kappa shape index (κ2) is 7.56. The maximum absolute atomic E-state index is 11.9. The van der Waals surface area contributed by atoms with E-state index >= 15 is 0 Å². The van der Waals surface area contributed by atoms with Gasteiger partial charge in [-0.25, -0.2) is 0 Å². The Morgan fingerprint density at radius 1 is 1.42 bits per heavy atom. The van der Waals surface area contributed by atoms with Crippen molar-refractivity contribution in [1.82, 2.24) is 10.3 Å². The van der Waals surface area contributed by atoms with E-state index in [1.165, 1.54) is 0 Å². The van der Waals surface area contributed by atoms with E-state index in [-0.39, 0.29) is 17.0 Å². The highest BCUT2D eigenvalue weighted by molar-refractivity contribution is 5.94. The van der Waals surface area contributed by atoms with Gasteiger partial charge in [0.1, 0.15) is 5.56 Å². The number of pyridine rings is 1. The van der Waals surface area contributed by atoms with Crippen LogP contribution in [0.15, 0.2) is 23.0 Å². The summed E-state index contributed by atoms with van der Waals surface area (Å²) in [6.07, 6.45) is 6.29. The molecule has 1 rings (SSSR count). The lowest BCUT2D eigenvalue weighted by Crippen LogP contribution is -2.30. The van der Waals surface area contributed by atoms with Gasteiger partial charge in [-0.1, -0.05) is 32.4 Å². The van der Waals surface area contributed by atoms with Gasteiger partial charge >= 0.3 is 0 Å². The molecule has 0 aliphatic carbocycles. The molecule has 0 spiro atoms. The van der Waals surface area contributed by atoms with Crippen molar-refractivity contribution in [3.05, 3.63) is 45.4 Å². The summed E-state index contributed by atoms with van der Waals surface area (Å²) in [5.41, 5.74) is 1.87. The van der Waals surface area contributed by atoms with Crippen LogP contribution in [0.3, 0.4) is 0 Å². The molecule has 0 unspecified atom stereocenters. The molecule has 104 valence electrons. The Balaban J connectivity index is 3.01. The molecule has 0 saturated carbocycles. The van der Waals surface area contributed by atoms with Crippen LogP contribution >= 0.6 is 0 Å². The van der Waals surface area contributed by atoms with E-state index in [0.717, 1.165) is 30.5 Å². The first kappa shape index (κ1) is 15.2. The molecule has 19 heavy (non-hydrogen) atoms. The van der Waals surface area contributed by atoms with Gasteiger partial charge in [0.25, 0.3) is 11.5 Å². The van der Waals surface area contributed by atoms with Crippen molar-refractivity contribution in [3.8, 4) is 0 Å². The van der Waals surface area contributed by atoms with E-state index < -0.39 is 0 Å². The lowest BCUT2D eigenvalue weighted by atomic mass is 10.0. The normalized spacial score (nSPS) is 10.9. The van der Waals surface area contributed by atoms with E-state index in [1.54, 1.807) is 6.07 Å². The minimum absolute atomic E-state index is 0.196. The zero-order valence-electron chi connectivity index (χ0n) is 11.9. The third kappa shape index (κ3) is 4.09. The maximum Gasteiger partial charge on any atom is 0.261 e. The van der Waals surface area contributed by atoms with Crippen LogP contribution in [0.2, 0.25) is 0 Å². The number of H-pyrrole nitrogens is 1. The molecule has 1 aromatic rings. The number of nitrogens with one attached hydrogen (secondary N) is 2. The van der Waals surface area contributed by atoms with Crippen LogP contribution in [-0.2, 0) is 12.8 Å². The van der Waals surface area contributed by atoms with Gasteiger partial charge in [-0.05, 0) is 31.4 Å². The van der Waals surface area contributed by atoms with Crippen LogP contribution in [0.1, 0.15) is 48.8 Å². The van der Waals surface area contributed by atoms with Crippen molar-refractivity contribution in [2.45, 2.75) is 40.0 Å². The number of hydrogen-bond donors (Lipinski definition) is 2. The van der Waals surface area contributed by atoms with Crippen LogP contribution in [-0.4, -0.2) is 17.4 Å². The van der Waals surface area contributed by atoms with Crippen LogP contribution < -0.4 is 10.9 Å². The first-order valence-corrected chi connectivity index (χ1v) is 6.78. The highest BCUT2D eigenvalue weighted by Gasteiger charge is 2.13. The summed E-state index contributed by atoms with van der Waals surface area (Å²) in [5.74, 6) is -0.322. The van der Waals surface area contributed by atoms with Gasteiger partial charge in [0.15, 0.2) is 0 Å². The molecule has 0 aromatic carbocycles. The predicted octanol–water partition coefficient (Wildman–Crippen LogP) is 2.20. The first-order valence-electron chi connectivity index (χ1n) is 6.78. The number of amides is 1. The summed E-state index contributed by atoms with van der Waals surface area (Å²) in [6, 6.07) is 1.72. The van der Waals surface area contributed by atoms with Gasteiger partial charge in [-0.2, -0.15) is 0 Å². The monoisotopic (exact) mass is 262 g/mol. The van der Waals surface area contributed by atoms with Crippen molar-refractivity contribution in [2.75, 3.05) is 6.54 Å². The van der Waals surface area contributed by atoms with Gasteiger partial charge in [0.05, 0.1) is 0 Å². The summed E-state index contributed by atoms with van der Waals surface area (Å²) in [6.45, 7) is 6.41. The number of carbonyl (C=O) groups excluding carboxylic acids is 1. The van der Waals surface area contributed by atoms with Crippen molar-refractivity contribution in [3.63, 3.8) is 0 Å². The van der Waals surface area contributed by atoms with Crippen LogP contribution in [0.4, 0.5) is 0 Å². The molecule has 0 atom stereocenters. The van der Waals surface area contributed by atoms with Crippen molar-refractivity contribution in [1.29, 1.82) is 0 Å². The first-order chi connectivity index (χ1) is 9.13. The van der Waals surface area contributed by atoms with Gasteiger partial charge in [0, 0.05) is 12.2 Å². The Labute approximate surface area is 113 Å². The SMILES string of the molecule is C/C=C/CNC(=O)c1cc(CC)c(CCC)[nH]c1=O. The number of carbonyl (C=O) groups is 1. The average Bonchev–Trinajstić information content (AvgIpc) is 2.39. The fourth-order valence-electron chi connectivity index (χ4n) is 1.93. The van der Waals surface area contributed by atoms with Gasteiger partial charge in [-0.3, -0.25) is 9.59 Å². The van der Waals surface area contributed by atoms with E-state index in [1.807, 2.05) is 26.0 Å². The predicted molar refractivity (Wildman–Crippen MR) is 77.6 cm³/mol. The quantitative estimate of drug-likeness (QED) is 0.772. The van der Waals surface area contributed by atoms with Gasteiger partial charge in [0.2, 0.25) is 0 Å². The molecule has 1 aromatic heterocycles. The molecule has 0 radical (unpaired) electrons. The summed E-state index contributed by atoms with van der Waals surface area (Å²) in [7, 11) is 0. The molecule has 0 aliphatic heterocycles. The Morgan fingerprint density at radius 2 is 2.16 bits per heavy atom. The largest absolute Gasteiger partial charge is 0.348 e. The zero-order chi connectivity index (χ0) is 14.3. The summed E-state index contributed by atoms with van der Waals surface area (Å²) >= 11 is 0. The number of rotatable bonds is 6. The smallest absolute Gasteiger partial charge is 0.261 e.